The van der Waals surface area contributed by atoms with Gasteiger partial charge >= 0.3 is 0 Å². The molecule has 31 heavy (non-hydrogen) atoms. The summed E-state index contributed by atoms with van der Waals surface area (Å²) in [6, 6.07) is 14.4. The van der Waals surface area contributed by atoms with Crippen molar-refractivity contribution < 1.29 is 9.53 Å². The highest BCUT2D eigenvalue weighted by molar-refractivity contribution is 5.90. The summed E-state index contributed by atoms with van der Waals surface area (Å²) >= 11 is 0. The smallest absolute Gasteiger partial charge is 0.258 e. The van der Waals surface area contributed by atoms with E-state index in [0.29, 0.717) is 54.0 Å². The van der Waals surface area contributed by atoms with Crippen molar-refractivity contribution >= 4 is 22.5 Å². The summed E-state index contributed by atoms with van der Waals surface area (Å²) in [5.74, 6) is 2.03. The van der Waals surface area contributed by atoms with E-state index < -0.39 is 0 Å². The molecule has 2 aromatic heterocycles. The lowest BCUT2D eigenvalue weighted by molar-refractivity contribution is -0.116. The minimum atomic E-state index is -0.157. The quantitative estimate of drug-likeness (QED) is 0.458. The molecular formula is C23H23N5O3. The van der Waals surface area contributed by atoms with Gasteiger partial charge in [0.1, 0.15) is 24.0 Å². The number of anilines is 1. The molecule has 0 saturated heterocycles. The van der Waals surface area contributed by atoms with Crippen LogP contribution in [0.15, 0.2) is 65.7 Å². The van der Waals surface area contributed by atoms with E-state index in [2.05, 4.69) is 20.3 Å². The van der Waals surface area contributed by atoms with Crippen LogP contribution in [0.5, 0.6) is 5.75 Å². The molecule has 0 atom stereocenters. The van der Waals surface area contributed by atoms with E-state index >= 15 is 0 Å². The number of nitrogens with zero attached hydrogens (tertiary/aromatic N) is 3. The fourth-order valence-electron chi connectivity index (χ4n) is 3.21. The van der Waals surface area contributed by atoms with Crippen LogP contribution < -0.4 is 15.6 Å². The largest absolute Gasteiger partial charge is 0.486 e. The van der Waals surface area contributed by atoms with Crippen molar-refractivity contribution in [3.8, 4) is 5.75 Å². The van der Waals surface area contributed by atoms with Gasteiger partial charge < -0.3 is 19.6 Å². The standard InChI is InChI=1S/C23H23N5O3/c1-28-14-13-24-21(28)15-31-17-11-9-16(10-12-17)25-22(29)8-4-7-20-26-19-6-3-2-5-18(19)23(30)27-20/h2-3,5-6,9-14H,4,7-8,15H2,1H3,(H,25,29)(H,26,27,30). The van der Waals surface area contributed by atoms with Crippen LogP contribution in [-0.2, 0) is 24.9 Å². The third-order valence-electron chi connectivity index (χ3n) is 4.91. The molecule has 158 valence electrons. The molecule has 2 N–H and O–H groups in total. The number of rotatable bonds is 8. The minimum Gasteiger partial charge on any atom is -0.486 e. The van der Waals surface area contributed by atoms with Gasteiger partial charge in [0.2, 0.25) is 5.91 Å². The number of imidazole rings is 1. The Hall–Kier alpha value is -3.94. The van der Waals surface area contributed by atoms with Crippen LogP contribution in [0.3, 0.4) is 0 Å². The van der Waals surface area contributed by atoms with Crippen molar-refractivity contribution in [2.75, 3.05) is 5.32 Å². The van der Waals surface area contributed by atoms with Gasteiger partial charge in [-0.15, -0.1) is 0 Å². The molecule has 0 fully saturated rings. The van der Waals surface area contributed by atoms with Gasteiger partial charge in [0.25, 0.3) is 5.56 Å². The Kier molecular flexibility index (Phi) is 6.07. The minimum absolute atomic E-state index is 0.0928. The summed E-state index contributed by atoms with van der Waals surface area (Å²) in [5, 5.41) is 3.44. The molecular weight excluding hydrogens is 394 g/mol. The van der Waals surface area contributed by atoms with Crippen molar-refractivity contribution in [3.63, 3.8) is 0 Å². The number of benzene rings is 2. The maximum atomic E-state index is 12.2. The van der Waals surface area contributed by atoms with E-state index in [-0.39, 0.29) is 11.5 Å². The first kappa shape index (κ1) is 20.3. The van der Waals surface area contributed by atoms with E-state index in [1.54, 1.807) is 24.4 Å². The van der Waals surface area contributed by atoms with Gasteiger partial charge in [0, 0.05) is 38.0 Å². The third-order valence-corrected chi connectivity index (χ3v) is 4.91. The summed E-state index contributed by atoms with van der Waals surface area (Å²) in [7, 11) is 1.91. The van der Waals surface area contributed by atoms with Gasteiger partial charge in [-0.1, -0.05) is 12.1 Å². The number of ether oxygens (including phenoxy) is 1. The first-order chi connectivity index (χ1) is 15.1. The SMILES string of the molecule is Cn1ccnc1COc1ccc(NC(=O)CCCc2nc3ccccc3c(=O)[nH]2)cc1. The van der Waals surface area contributed by atoms with E-state index in [1.807, 2.05) is 48.1 Å². The molecule has 0 saturated carbocycles. The Bertz CT molecular complexity index is 1240. The van der Waals surface area contributed by atoms with Crippen LogP contribution >= 0.6 is 0 Å². The first-order valence-electron chi connectivity index (χ1n) is 10.1. The van der Waals surface area contributed by atoms with Crippen molar-refractivity contribution in [2.45, 2.75) is 25.9 Å². The van der Waals surface area contributed by atoms with Crippen molar-refractivity contribution in [1.29, 1.82) is 0 Å². The lowest BCUT2D eigenvalue weighted by Crippen LogP contribution is -2.14. The van der Waals surface area contributed by atoms with E-state index in [0.717, 1.165) is 5.82 Å². The summed E-state index contributed by atoms with van der Waals surface area (Å²) in [6.07, 6.45) is 5.02. The zero-order valence-corrected chi connectivity index (χ0v) is 17.2. The molecule has 0 aliphatic carbocycles. The van der Waals surface area contributed by atoms with Gasteiger partial charge in [-0.3, -0.25) is 9.59 Å². The van der Waals surface area contributed by atoms with Crippen molar-refractivity contribution in [1.82, 2.24) is 19.5 Å². The normalized spacial score (nSPS) is 10.9. The number of amides is 1. The van der Waals surface area contributed by atoms with Crippen molar-refractivity contribution in [2.24, 2.45) is 7.05 Å². The Morgan fingerprint density at radius 2 is 1.97 bits per heavy atom. The zero-order chi connectivity index (χ0) is 21.6. The van der Waals surface area contributed by atoms with Gasteiger partial charge in [-0.2, -0.15) is 0 Å². The number of hydrogen-bond donors (Lipinski definition) is 2. The summed E-state index contributed by atoms with van der Waals surface area (Å²) < 4.78 is 7.61. The molecule has 4 rings (SSSR count). The predicted octanol–water partition coefficient (Wildman–Crippen LogP) is 3.20. The number of aryl methyl sites for hydroxylation is 2. The lowest BCUT2D eigenvalue weighted by atomic mass is 10.2. The second kappa shape index (κ2) is 9.25. The molecule has 0 aliphatic rings. The molecule has 0 spiro atoms. The Morgan fingerprint density at radius 1 is 1.16 bits per heavy atom. The number of hydrogen-bond acceptors (Lipinski definition) is 5. The highest BCUT2D eigenvalue weighted by atomic mass is 16.5. The van der Waals surface area contributed by atoms with Crippen LogP contribution in [0.1, 0.15) is 24.5 Å². The molecule has 8 nitrogen and oxygen atoms in total. The topological polar surface area (TPSA) is 102 Å². The van der Waals surface area contributed by atoms with E-state index in [1.165, 1.54) is 0 Å². The molecule has 4 aromatic rings. The number of aromatic nitrogens is 4. The maximum absolute atomic E-state index is 12.2. The Balaban J connectivity index is 1.25. The second-order valence-corrected chi connectivity index (χ2v) is 7.20. The molecule has 2 aromatic carbocycles. The lowest BCUT2D eigenvalue weighted by Gasteiger charge is -2.08. The van der Waals surface area contributed by atoms with Gasteiger partial charge in [-0.05, 0) is 42.8 Å². The Labute approximate surface area is 178 Å². The molecule has 0 unspecified atom stereocenters. The van der Waals surface area contributed by atoms with Gasteiger partial charge in [0.15, 0.2) is 0 Å². The third kappa shape index (κ3) is 5.16. The number of aromatic amines is 1. The van der Waals surface area contributed by atoms with Crippen LogP contribution in [0, 0.1) is 0 Å². The van der Waals surface area contributed by atoms with Crippen LogP contribution in [0.25, 0.3) is 10.9 Å². The van der Waals surface area contributed by atoms with Crippen molar-refractivity contribution in [3.05, 3.63) is 82.9 Å². The molecule has 0 bridgehead atoms. The monoisotopic (exact) mass is 417 g/mol. The summed E-state index contributed by atoms with van der Waals surface area (Å²) in [4.78, 5) is 35.8. The average molecular weight is 417 g/mol. The number of carbonyl (C=O) groups is 1. The molecule has 2 heterocycles. The number of H-pyrrole nitrogens is 1. The summed E-state index contributed by atoms with van der Waals surface area (Å²) in [6.45, 7) is 0.375. The van der Waals surface area contributed by atoms with Crippen LogP contribution in [-0.4, -0.2) is 25.4 Å². The number of para-hydroxylation sites is 1. The molecule has 0 radical (unpaired) electrons. The predicted molar refractivity (Wildman–Crippen MR) is 118 cm³/mol. The summed E-state index contributed by atoms with van der Waals surface area (Å²) in [5.41, 5.74) is 1.21. The molecule has 8 heteroatoms. The molecule has 1 amide bonds. The fraction of sp³-hybridized carbons (Fsp3) is 0.217. The maximum Gasteiger partial charge on any atom is 0.258 e. The zero-order valence-electron chi connectivity index (χ0n) is 17.2. The Morgan fingerprint density at radius 3 is 2.74 bits per heavy atom. The first-order valence-corrected chi connectivity index (χ1v) is 10.1. The second-order valence-electron chi connectivity index (χ2n) is 7.20. The highest BCUT2D eigenvalue weighted by Crippen LogP contribution is 2.17. The number of nitrogens with one attached hydrogen (secondary N) is 2. The highest BCUT2D eigenvalue weighted by Gasteiger charge is 2.07. The average Bonchev–Trinajstić information content (AvgIpc) is 3.18. The van der Waals surface area contributed by atoms with Crippen LogP contribution in [0.4, 0.5) is 5.69 Å². The van der Waals surface area contributed by atoms with Crippen LogP contribution in [0.2, 0.25) is 0 Å². The molecule has 0 aliphatic heterocycles. The van der Waals surface area contributed by atoms with E-state index in [9.17, 15) is 9.59 Å². The number of carbonyl (C=O) groups excluding carboxylic acids is 1. The number of fused-ring (bicyclic) bond motifs is 1. The van der Waals surface area contributed by atoms with Gasteiger partial charge in [-0.25, -0.2) is 9.97 Å². The van der Waals surface area contributed by atoms with E-state index in [4.69, 9.17) is 4.74 Å². The fourth-order valence-corrected chi connectivity index (χ4v) is 3.21. The van der Waals surface area contributed by atoms with Gasteiger partial charge in [0.05, 0.1) is 10.9 Å².